The van der Waals surface area contributed by atoms with Crippen molar-refractivity contribution in [3.8, 4) is 0 Å². The van der Waals surface area contributed by atoms with E-state index in [0.29, 0.717) is 25.4 Å². The second-order valence-electron chi connectivity index (χ2n) is 5.47. The molecular formula is C17H14BrCl2N3O2. The summed E-state index contributed by atoms with van der Waals surface area (Å²) in [6.45, 7) is 0.336. The number of hydrogen-bond acceptors (Lipinski definition) is 4. The van der Waals surface area contributed by atoms with Crippen LogP contribution in [0.1, 0.15) is 0 Å². The fraction of sp³-hybridized carbons (Fsp3) is 0.176. The summed E-state index contributed by atoms with van der Waals surface area (Å²) in [5, 5.41) is 14.7. The molecule has 2 N–H and O–H groups in total. The van der Waals surface area contributed by atoms with Gasteiger partial charge in [0.1, 0.15) is 0 Å². The molecule has 1 heterocycles. The normalized spacial score (nSPS) is 12.3. The van der Waals surface area contributed by atoms with Crippen molar-refractivity contribution < 1.29 is 5.11 Å². The van der Waals surface area contributed by atoms with Gasteiger partial charge in [0.15, 0.2) is 0 Å². The van der Waals surface area contributed by atoms with E-state index in [2.05, 4.69) is 26.2 Å². The number of nitrogens with zero attached hydrogens (tertiary/aromatic N) is 2. The first-order valence-corrected chi connectivity index (χ1v) is 9.02. The molecule has 0 aliphatic carbocycles. The number of fused-ring (bicyclic) bond motifs is 1. The number of para-hydroxylation sites is 1. The third kappa shape index (κ3) is 3.98. The number of halogens is 3. The Morgan fingerprint density at radius 1 is 1.20 bits per heavy atom. The van der Waals surface area contributed by atoms with Crippen LogP contribution >= 0.6 is 39.1 Å². The molecular weight excluding hydrogens is 429 g/mol. The second-order valence-corrected chi connectivity index (χ2v) is 7.08. The van der Waals surface area contributed by atoms with Crippen molar-refractivity contribution in [1.82, 2.24) is 9.55 Å². The largest absolute Gasteiger partial charge is 0.389 e. The first-order chi connectivity index (χ1) is 12.0. The minimum atomic E-state index is -0.800. The summed E-state index contributed by atoms with van der Waals surface area (Å²) in [7, 11) is 0. The van der Waals surface area contributed by atoms with Crippen LogP contribution in [-0.4, -0.2) is 27.3 Å². The number of nitrogens with one attached hydrogen (secondary N) is 1. The van der Waals surface area contributed by atoms with Crippen molar-refractivity contribution >= 4 is 55.7 Å². The molecule has 0 saturated heterocycles. The van der Waals surface area contributed by atoms with Crippen LogP contribution in [0.3, 0.4) is 0 Å². The molecule has 0 unspecified atom stereocenters. The van der Waals surface area contributed by atoms with Crippen LogP contribution in [0.2, 0.25) is 10.0 Å². The summed E-state index contributed by atoms with van der Waals surface area (Å²) in [6, 6.07) is 10.6. The standard InChI is InChI=1S/C17H14BrCl2N3O2/c18-16-12(20)5-6-14-15(16)17(25)23(9-22-14)8-10(24)7-21-13-4-2-1-3-11(13)19/h1-6,9-10,21,24H,7-8H2/t10-/m0/s1. The highest BCUT2D eigenvalue weighted by atomic mass is 79.9. The first kappa shape index (κ1) is 18.2. The number of aromatic nitrogens is 2. The molecule has 0 saturated carbocycles. The van der Waals surface area contributed by atoms with Crippen molar-refractivity contribution in [2.75, 3.05) is 11.9 Å². The molecule has 0 radical (unpaired) electrons. The molecule has 25 heavy (non-hydrogen) atoms. The zero-order valence-electron chi connectivity index (χ0n) is 12.9. The van der Waals surface area contributed by atoms with E-state index in [1.165, 1.54) is 10.9 Å². The molecule has 0 aliphatic rings. The van der Waals surface area contributed by atoms with Crippen molar-refractivity contribution in [1.29, 1.82) is 0 Å². The first-order valence-electron chi connectivity index (χ1n) is 7.47. The van der Waals surface area contributed by atoms with Gasteiger partial charge in [0, 0.05) is 6.54 Å². The monoisotopic (exact) mass is 441 g/mol. The number of rotatable bonds is 5. The summed E-state index contributed by atoms with van der Waals surface area (Å²) in [4.78, 5) is 16.9. The average molecular weight is 443 g/mol. The molecule has 0 amide bonds. The fourth-order valence-corrected chi connectivity index (χ4v) is 3.30. The van der Waals surface area contributed by atoms with E-state index in [9.17, 15) is 9.90 Å². The van der Waals surface area contributed by atoms with Crippen molar-refractivity contribution in [3.63, 3.8) is 0 Å². The Bertz CT molecular complexity index is 978. The zero-order valence-corrected chi connectivity index (χ0v) is 16.0. The van der Waals surface area contributed by atoms with Crippen LogP contribution in [0.4, 0.5) is 5.69 Å². The molecule has 0 bridgehead atoms. The number of hydrogen-bond donors (Lipinski definition) is 2. The van der Waals surface area contributed by atoms with Crippen LogP contribution < -0.4 is 10.9 Å². The third-order valence-corrected chi connectivity index (χ3v) is 5.39. The lowest BCUT2D eigenvalue weighted by molar-refractivity contribution is 0.165. The maximum absolute atomic E-state index is 12.6. The topological polar surface area (TPSA) is 67.2 Å². The van der Waals surface area contributed by atoms with E-state index in [1.54, 1.807) is 18.2 Å². The summed E-state index contributed by atoms with van der Waals surface area (Å²) < 4.78 is 1.87. The SMILES string of the molecule is O=c1c2c(Br)c(Cl)ccc2ncn1C[C@@H](O)CNc1ccccc1Cl. The van der Waals surface area contributed by atoms with Crippen LogP contribution in [-0.2, 0) is 6.54 Å². The van der Waals surface area contributed by atoms with E-state index >= 15 is 0 Å². The van der Waals surface area contributed by atoms with Gasteiger partial charge in [0.05, 0.1) is 50.1 Å². The van der Waals surface area contributed by atoms with E-state index in [0.717, 1.165) is 5.69 Å². The van der Waals surface area contributed by atoms with Gasteiger partial charge in [-0.05, 0) is 40.2 Å². The van der Waals surface area contributed by atoms with Crippen LogP contribution in [0.15, 0.2) is 52.0 Å². The Hall–Kier alpha value is -1.60. The smallest absolute Gasteiger partial charge is 0.262 e. The molecule has 5 nitrogen and oxygen atoms in total. The highest BCUT2D eigenvalue weighted by molar-refractivity contribution is 9.10. The second kappa shape index (κ2) is 7.74. The van der Waals surface area contributed by atoms with Crippen molar-refractivity contribution in [2.45, 2.75) is 12.6 Å². The van der Waals surface area contributed by atoms with Gasteiger partial charge < -0.3 is 10.4 Å². The van der Waals surface area contributed by atoms with Gasteiger partial charge in [0.25, 0.3) is 5.56 Å². The van der Waals surface area contributed by atoms with E-state index in [1.807, 2.05) is 18.2 Å². The van der Waals surface area contributed by atoms with Crippen molar-refractivity contribution in [2.24, 2.45) is 0 Å². The van der Waals surface area contributed by atoms with E-state index in [-0.39, 0.29) is 18.6 Å². The average Bonchev–Trinajstić information content (AvgIpc) is 2.59. The molecule has 8 heteroatoms. The maximum atomic E-state index is 12.6. The number of aliphatic hydroxyl groups excluding tert-OH is 1. The number of aliphatic hydroxyl groups is 1. The van der Waals surface area contributed by atoms with Gasteiger partial charge in [0.2, 0.25) is 0 Å². The minimum Gasteiger partial charge on any atom is -0.389 e. The highest BCUT2D eigenvalue weighted by Crippen LogP contribution is 2.27. The summed E-state index contributed by atoms with van der Waals surface area (Å²) in [5.41, 5.74) is 0.999. The predicted octanol–water partition coefficient (Wildman–Crippen LogP) is 3.94. The number of benzene rings is 2. The van der Waals surface area contributed by atoms with Gasteiger partial charge in [-0.1, -0.05) is 35.3 Å². The molecule has 1 atom stereocenters. The lowest BCUT2D eigenvalue weighted by Gasteiger charge is -2.15. The van der Waals surface area contributed by atoms with Gasteiger partial charge in [-0.2, -0.15) is 0 Å². The summed E-state index contributed by atoms with van der Waals surface area (Å²) in [5.74, 6) is 0. The lowest BCUT2D eigenvalue weighted by Crippen LogP contribution is -2.31. The summed E-state index contributed by atoms with van der Waals surface area (Å²) in [6.07, 6.45) is 0.621. The molecule has 3 aromatic rings. The van der Waals surface area contributed by atoms with E-state index in [4.69, 9.17) is 23.2 Å². The Balaban J connectivity index is 1.78. The molecule has 0 aliphatic heterocycles. The predicted molar refractivity (Wildman–Crippen MR) is 105 cm³/mol. The van der Waals surface area contributed by atoms with Gasteiger partial charge in [-0.15, -0.1) is 0 Å². The van der Waals surface area contributed by atoms with Crippen LogP contribution in [0, 0.1) is 0 Å². The Morgan fingerprint density at radius 3 is 2.72 bits per heavy atom. The van der Waals surface area contributed by atoms with Gasteiger partial charge in [-0.25, -0.2) is 4.98 Å². The van der Waals surface area contributed by atoms with E-state index < -0.39 is 6.10 Å². The molecule has 130 valence electrons. The maximum Gasteiger partial charge on any atom is 0.262 e. The molecule has 0 spiro atoms. The van der Waals surface area contributed by atoms with Crippen LogP contribution in [0.25, 0.3) is 10.9 Å². The Labute approximate surface area is 162 Å². The molecule has 3 rings (SSSR count). The van der Waals surface area contributed by atoms with Crippen LogP contribution in [0.5, 0.6) is 0 Å². The van der Waals surface area contributed by atoms with Gasteiger partial charge in [-0.3, -0.25) is 9.36 Å². The zero-order chi connectivity index (χ0) is 18.0. The lowest BCUT2D eigenvalue weighted by atomic mass is 10.2. The minimum absolute atomic E-state index is 0.0954. The highest BCUT2D eigenvalue weighted by Gasteiger charge is 2.13. The fourth-order valence-electron chi connectivity index (χ4n) is 2.43. The Kier molecular flexibility index (Phi) is 5.64. The van der Waals surface area contributed by atoms with Crippen molar-refractivity contribution in [3.05, 3.63) is 67.6 Å². The molecule has 2 aromatic carbocycles. The summed E-state index contributed by atoms with van der Waals surface area (Å²) >= 11 is 15.4. The number of anilines is 1. The Morgan fingerprint density at radius 2 is 1.96 bits per heavy atom. The molecule has 0 fully saturated rings. The third-order valence-electron chi connectivity index (χ3n) is 3.69. The quantitative estimate of drug-likeness (QED) is 0.627. The molecule has 1 aromatic heterocycles. The van der Waals surface area contributed by atoms with Gasteiger partial charge >= 0.3 is 0 Å².